The van der Waals surface area contributed by atoms with E-state index in [0.29, 0.717) is 18.0 Å². The first kappa shape index (κ1) is 23.1. The van der Waals surface area contributed by atoms with Gasteiger partial charge in [0.2, 0.25) is 15.9 Å². The maximum atomic E-state index is 12.6. The van der Waals surface area contributed by atoms with E-state index in [0.717, 1.165) is 22.1 Å². The van der Waals surface area contributed by atoms with E-state index in [1.54, 1.807) is 43.0 Å². The normalized spacial score (nSPS) is 12.3. The number of carbonyl (C=O) groups excluding carboxylic acids is 1. The first-order valence-electron chi connectivity index (χ1n) is 9.27. The fourth-order valence-corrected chi connectivity index (χ4v) is 4.90. The van der Waals surface area contributed by atoms with Crippen LogP contribution in [0, 0.1) is 6.92 Å². The Labute approximate surface area is 177 Å². The standard InChI is InChI=1S/C21H28N2O4S2/c1-16-6-5-7-18(14-16)15-28-13-12-22-21(24)17(2)23(29(4,25)26)19-8-10-20(27-3)11-9-19/h5-11,14,17H,12-13,15H2,1-4H3,(H,22,24)/t17-/m0/s1. The maximum absolute atomic E-state index is 12.6. The second-order valence-corrected chi connectivity index (χ2v) is 9.73. The van der Waals surface area contributed by atoms with Crippen LogP contribution >= 0.6 is 11.8 Å². The molecular weight excluding hydrogens is 408 g/mol. The molecule has 2 aromatic rings. The number of ether oxygens (including phenoxy) is 1. The van der Waals surface area contributed by atoms with Crippen LogP contribution in [-0.4, -0.2) is 46.0 Å². The van der Waals surface area contributed by atoms with Crippen LogP contribution < -0.4 is 14.4 Å². The third kappa shape index (κ3) is 6.97. The lowest BCUT2D eigenvalue weighted by atomic mass is 10.2. The van der Waals surface area contributed by atoms with Gasteiger partial charge in [-0.05, 0) is 43.7 Å². The van der Waals surface area contributed by atoms with Gasteiger partial charge in [0.1, 0.15) is 11.8 Å². The molecule has 29 heavy (non-hydrogen) atoms. The van der Waals surface area contributed by atoms with Crippen molar-refractivity contribution in [1.29, 1.82) is 0 Å². The number of anilines is 1. The molecule has 0 aromatic heterocycles. The summed E-state index contributed by atoms with van der Waals surface area (Å²) in [4.78, 5) is 12.6. The fourth-order valence-electron chi connectivity index (χ4n) is 2.92. The zero-order valence-electron chi connectivity index (χ0n) is 17.2. The molecule has 0 aliphatic heterocycles. The third-order valence-corrected chi connectivity index (χ3v) is 6.58. The molecule has 0 fully saturated rings. The molecule has 1 atom stereocenters. The molecule has 0 saturated carbocycles. The smallest absolute Gasteiger partial charge is 0.243 e. The van der Waals surface area contributed by atoms with Gasteiger partial charge in [-0.2, -0.15) is 11.8 Å². The van der Waals surface area contributed by atoms with Gasteiger partial charge < -0.3 is 10.1 Å². The summed E-state index contributed by atoms with van der Waals surface area (Å²) in [6, 6.07) is 14.1. The van der Waals surface area contributed by atoms with Crippen LogP contribution in [0.1, 0.15) is 18.1 Å². The minimum absolute atomic E-state index is 0.331. The molecule has 158 valence electrons. The van der Waals surface area contributed by atoms with Gasteiger partial charge in [0, 0.05) is 18.1 Å². The Kier molecular flexibility index (Phi) is 8.40. The van der Waals surface area contributed by atoms with Crippen LogP contribution in [-0.2, 0) is 20.6 Å². The summed E-state index contributed by atoms with van der Waals surface area (Å²) in [5.41, 5.74) is 2.90. The zero-order chi connectivity index (χ0) is 21.4. The van der Waals surface area contributed by atoms with Crippen molar-refractivity contribution in [1.82, 2.24) is 5.32 Å². The van der Waals surface area contributed by atoms with Gasteiger partial charge in [-0.15, -0.1) is 0 Å². The number of aryl methyl sites for hydroxylation is 1. The Morgan fingerprint density at radius 2 is 1.90 bits per heavy atom. The molecule has 0 radical (unpaired) electrons. The van der Waals surface area contributed by atoms with Crippen molar-refractivity contribution in [2.45, 2.75) is 25.6 Å². The summed E-state index contributed by atoms with van der Waals surface area (Å²) in [6.45, 7) is 4.12. The van der Waals surface area contributed by atoms with Crippen molar-refractivity contribution >= 4 is 33.4 Å². The lowest BCUT2D eigenvalue weighted by Crippen LogP contribution is -2.48. The molecule has 2 rings (SSSR count). The minimum atomic E-state index is -3.63. The number of nitrogens with one attached hydrogen (secondary N) is 1. The number of hydrogen-bond acceptors (Lipinski definition) is 5. The molecular formula is C21H28N2O4S2. The Hall–Kier alpha value is -2.19. The van der Waals surface area contributed by atoms with Crippen LogP contribution in [0.3, 0.4) is 0 Å². The lowest BCUT2D eigenvalue weighted by Gasteiger charge is -2.28. The van der Waals surface area contributed by atoms with Crippen molar-refractivity contribution in [2.75, 3.05) is 30.0 Å². The van der Waals surface area contributed by atoms with Gasteiger partial charge in [-0.25, -0.2) is 8.42 Å². The van der Waals surface area contributed by atoms with Crippen LogP contribution in [0.15, 0.2) is 48.5 Å². The Balaban J connectivity index is 1.91. The number of carbonyl (C=O) groups is 1. The highest BCUT2D eigenvalue weighted by Crippen LogP contribution is 2.23. The molecule has 0 spiro atoms. The van der Waals surface area contributed by atoms with Crippen LogP contribution in [0.25, 0.3) is 0 Å². The number of amides is 1. The molecule has 0 aliphatic carbocycles. The van der Waals surface area contributed by atoms with Gasteiger partial charge in [0.05, 0.1) is 19.1 Å². The van der Waals surface area contributed by atoms with Crippen molar-refractivity contribution < 1.29 is 17.9 Å². The highest BCUT2D eigenvalue weighted by Gasteiger charge is 2.28. The SMILES string of the molecule is COc1ccc(N([C@@H](C)C(=O)NCCSCc2cccc(C)c2)S(C)(=O)=O)cc1. The van der Waals surface area contributed by atoms with Crippen LogP contribution in [0.5, 0.6) is 5.75 Å². The predicted octanol–water partition coefficient (Wildman–Crippen LogP) is 3.21. The van der Waals surface area contributed by atoms with Gasteiger partial charge in [0.25, 0.3) is 0 Å². The van der Waals surface area contributed by atoms with Crippen LogP contribution in [0.2, 0.25) is 0 Å². The molecule has 0 aliphatic rings. The Morgan fingerprint density at radius 3 is 2.48 bits per heavy atom. The molecule has 6 nitrogen and oxygen atoms in total. The highest BCUT2D eigenvalue weighted by molar-refractivity contribution is 7.98. The minimum Gasteiger partial charge on any atom is -0.497 e. The third-order valence-electron chi connectivity index (χ3n) is 4.31. The average Bonchev–Trinajstić information content (AvgIpc) is 2.67. The number of benzene rings is 2. The number of thioether (sulfide) groups is 1. The molecule has 1 N–H and O–H groups in total. The molecule has 2 aromatic carbocycles. The van der Waals surface area contributed by atoms with Crippen molar-refractivity contribution in [3.8, 4) is 5.75 Å². The van der Waals surface area contributed by atoms with E-state index in [-0.39, 0.29) is 5.91 Å². The fraction of sp³-hybridized carbons (Fsp3) is 0.381. The van der Waals surface area contributed by atoms with Crippen LogP contribution in [0.4, 0.5) is 5.69 Å². The van der Waals surface area contributed by atoms with Gasteiger partial charge in [0.15, 0.2) is 0 Å². The average molecular weight is 437 g/mol. The van der Waals surface area contributed by atoms with E-state index in [4.69, 9.17) is 4.74 Å². The molecule has 0 unspecified atom stereocenters. The van der Waals surface area contributed by atoms with Crippen molar-refractivity contribution in [3.63, 3.8) is 0 Å². The topological polar surface area (TPSA) is 75.7 Å². The van der Waals surface area contributed by atoms with E-state index >= 15 is 0 Å². The summed E-state index contributed by atoms with van der Waals surface area (Å²) in [6.07, 6.45) is 1.10. The number of hydrogen-bond donors (Lipinski definition) is 1. The summed E-state index contributed by atoms with van der Waals surface area (Å²) >= 11 is 1.72. The maximum Gasteiger partial charge on any atom is 0.243 e. The first-order chi connectivity index (χ1) is 13.7. The summed E-state index contributed by atoms with van der Waals surface area (Å²) in [5, 5.41) is 2.83. The largest absolute Gasteiger partial charge is 0.497 e. The van der Waals surface area contributed by atoms with Gasteiger partial charge in [-0.3, -0.25) is 9.10 Å². The van der Waals surface area contributed by atoms with Gasteiger partial charge in [-0.1, -0.05) is 29.8 Å². The number of rotatable bonds is 10. The molecule has 0 bridgehead atoms. The number of nitrogens with zero attached hydrogens (tertiary/aromatic N) is 1. The van der Waals surface area contributed by atoms with E-state index in [1.807, 2.05) is 6.07 Å². The van der Waals surface area contributed by atoms with Crippen molar-refractivity contribution in [3.05, 3.63) is 59.7 Å². The molecule has 1 amide bonds. The molecule has 0 heterocycles. The van der Waals surface area contributed by atoms with Crippen molar-refractivity contribution in [2.24, 2.45) is 0 Å². The summed E-state index contributed by atoms with van der Waals surface area (Å²) < 4.78 is 30.8. The zero-order valence-corrected chi connectivity index (χ0v) is 18.8. The van der Waals surface area contributed by atoms with E-state index in [1.165, 1.54) is 18.2 Å². The summed E-state index contributed by atoms with van der Waals surface area (Å²) in [7, 11) is -2.09. The van der Waals surface area contributed by atoms with Gasteiger partial charge >= 0.3 is 0 Å². The Bertz CT molecular complexity index is 915. The second kappa shape index (κ2) is 10.5. The second-order valence-electron chi connectivity index (χ2n) is 6.77. The van der Waals surface area contributed by atoms with E-state index in [9.17, 15) is 13.2 Å². The van der Waals surface area contributed by atoms with E-state index < -0.39 is 16.1 Å². The number of sulfonamides is 1. The lowest BCUT2D eigenvalue weighted by molar-refractivity contribution is -0.121. The number of methoxy groups -OCH3 is 1. The molecule has 0 saturated heterocycles. The predicted molar refractivity (Wildman–Crippen MR) is 120 cm³/mol. The summed E-state index contributed by atoms with van der Waals surface area (Å²) in [5.74, 6) is 1.90. The molecule has 8 heteroatoms. The highest BCUT2D eigenvalue weighted by atomic mass is 32.2. The first-order valence-corrected chi connectivity index (χ1v) is 12.3. The monoisotopic (exact) mass is 436 g/mol. The quantitative estimate of drug-likeness (QED) is 0.579. The van der Waals surface area contributed by atoms with E-state index in [2.05, 4.69) is 30.4 Å². The Morgan fingerprint density at radius 1 is 1.21 bits per heavy atom.